The topological polar surface area (TPSA) is 24.7 Å². The SMILES string of the molecule is CCCCCCCCCC=CC(=Nc1cc(CCCCC)cc(CCCCC)c1)C(CCCCC)=Nc1cccc(C#CCCCCCCCCCC)c1. The number of hydrogen-bond donors (Lipinski definition) is 0. The van der Waals surface area contributed by atoms with Crippen molar-refractivity contribution < 1.29 is 0 Å². The maximum Gasteiger partial charge on any atom is 0.0848 e. The molecule has 0 saturated heterocycles. The summed E-state index contributed by atoms with van der Waals surface area (Å²) in [6.45, 7) is 11.5. The molecule has 0 aromatic heterocycles. The summed E-state index contributed by atoms with van der Waals surface area (Å²) < 4.78 is 0. The first-order valence-corrected chi connectivity index (χ1v) is 23.2. The van der Waals surface area contributed by atoms with Crippen molar-refractivity contribution in [3.05, 3.63) is 71.3 Å². The molecule has 2 heteroatoms. The van der Waals surface area contributed by atoms with Gasteiger partial charge in [0.25, 0.3) is 0 Å². The molecule has 0 amide bonds. The third-order valence-electron chi connectivity index (χ3n) is 10.5. The first-order chi connectivity index (χ1) is 26.6. The molecule has 300 valence electrons. The van der Waals surface area contributed by atoms with Crippen LogP contribution in [0.3, 0.4) is 0 Å². The maximum absolute atomic E-state index is 5.48. The standard InChI is InChI=1S/C52H82N2/c1-6-11-16-18-20-22-24-25-27-32-35-46-38-34-39-49(43-46)53-51(40-31-15-10-5)52(41-33-28-26-23-21-19-17-12-7-2)54-50-44-47(36-29-13-8-3)42-48(45-50)37-30-14-9-4/h33-34,38-39,41-45H,6-31,36-37,40H2,1-5H3. The summed E-state index contributed by atoms with van der Waals surface area (Å²) in [6, 6.07) is 15.8. The Hall–Kier alpha value is -2.92. The van der Waals surface area contributed by atoms with E-state index in [-0.39, 0.29) is 0 Å². The first kappa shape index (κ1) is 47.2. The Balaban J connectivity index is 2.38. The molecule has 0 heterocycles. The smallest absolute Gasteiger partial charge is 0.0848 e. The van der Waals surface area contributed by atoms with Gasteiger partial charge in [-0.05, 0) is 105 Å². The predicted molar refractivity (Wildman–Crippen MR) is 244 cm³/mol. The number of aryl methyl sites for hydroxylation is 2. The number of aliphatic imine (C=N–C) groups is 2. The highest BCUT2D eigenvalue weighted by molar-refractivity contribution is 6.47. The van der Waals surface area contributed by atoms with Gasteiger partial charge in [0.2, 0.25) is 0 Å². The Morgan fingerprint density at radius 1 is 0.519 bits per heavy atom. The van der Waals surface area contributed by atoms with E-state index in [1.165, 1.54) is 159 Å². The van der Waals surface area contributed by atoms with Crippen molar-refractivity contribution in [1.82, 2.24) is 0 Å². The second kappa shape index (κ2) is 33.4. The molecule has 0 aliphatic carbocycles. The molecule has 2 aromatic rings. The molecule has 0 radical (unpaired) electrons. The van der Waals surface area contributed by atoms with E-state index in [1.807, 2.05) is 0 Å². The molecule has 0 saturated carbocycles. The highest BCUT2D eigenvalue weighted by atomic mass is 14.8. The van der Waals surface area contributed by atoms with Crippen LogP contribution in [-0.4, -0.2) is 11.4 Å². The fourth-order valence-corrected chi connectivity index (χ4v) is 7.11. The molecule has 2 rings (SSSR count). The van der Waals surface area contributed by atoms with E-state index in [9.17, 15) is 0 Å². The molecule has 54 heavy (non-hydrogen) atoms. The van der Waals surface area contributed by atoms with Gasteiger partial charge in [-0.1, -0.05) is 187 Å². The number of allylic oxidation sites excluding steroid dienone is 2. The average molecular weight is 735 g/mol. The van der Waals surface area contributed by atoms with Crippen LogP contribution in [0.15, 0.2) is 64.6 Å². The van der Waals surface area contributed by atoms with Gasteiger partial charge in [-0.3, -0.25) is 4.99 Å². The molecule has 0 unspecified atom stereocenters. The monoisotopic (exact) mass is 735 g/mol. The van der Waals surface area contributed by atoms with Crippen LogP contribution in [0.2, 0.25) is 0 Å². The van der Waals surface area contributed by atoms with Gasteiger partial charge in [0.05, 0.1) is 22.8 Å². The molecule has 0 aliphatic rings. The highest BCUT2D eigenvalue weighted by Gasteiger charge is 2.10. The minimum atomic E-state index is 0.933. The predicted octanol–water partition coefficient (Wildman–Crippen LogP) is 17.2. The fraction of sp³-hybridized carbons (Fsp3) is 0.654. The summed E-state index contributed by atoms with van der Waals surface area (Å²) in [5, 5.41) is 0. The van der Waals surface area contributed by atoms with Gasteiger partial charge < -0.3 is 0 Å². The van der Waals surface area contributed by atoms with Crippen LogP contribution in [0.1, 0.15) is 225 Å². The van der Waals surface area contributed by atoms with E-state index in [2.05, 4.69) is 101 Å². The van der Waals surface area contributed by atoms with Crippen LogP contribution < -0.4 is 0 Å². The second-order valence-electron chi connectivity index (χ2n) is 15.8. The van der Waals surface area contributed by atoms with E-state index in [4.69, 9.17) is 9.98 Å². The van der Waals surface area contributed by atoms with Gasteiger partial charge in [0.15, 0.2) is 0 Å². The van der Waals surface area contributed by atoms with Crippen molar-refractivity contribution in [2.45, 2.75) is 221 Å². The Morgan fingerprint density at radius 3 is 1.67 bits per heavy atom. The molecule has 2 aromatic carbocycles. The van der Waals surface area contributed by atoms with Gasteiger partial charge >= 0.3 is 0 Å². The first-order valence-electron chi connectivity index (χ1n) is 23.2. The molecule has 0 N–H and O–H groups in total. The lowest BCUT2D eigenvalue weighted by molar-refractivity contribution is 0.579. The van der Waals surface area contributed by atoms with Crippen molar-refractivity contribution in [3.63, 3.8) is 0 Å². The summed E-state index contributed by atoms with van der Waals surface area (Å²) in [5.74, 6) is 6.92. The number of unbranched alkanes of at least 4 members (excludes halogenated alkanes) is 21. The zero-order valence-electron chi connectivity index (χ0n) is 36.1. The molecule has 0 bridgehead atoms. The molecular formula is C52H82N2. The Labute approximate surface area is 335 Å². The number of benzene rings is 2. The van der Waals surface area contributed by atoms with Gasteiger partial charge in [-0.2, -0.15) is 0 Å². The zero-order valence-corrected chi connectivity index (χ0v) is 36.1. The summed E-state index contributed by atoms with van der Waals surface area (Å²) in [5.41, 5.74) is 8.15. The highest BCUT2D eigenvalue weighted by Crippen LogP contribution is 2.24. The number of hydrogen-bond acceptors (Lipinski definition) is 2. The average Bonchev–Trinajstić information content (AvgIpc) is 3.17. The Kier molecular flexibility index (Phi) is 29.2. The number of rotatable bonds is 32. The molecule has 2 nitrogen and oxygen atoms in total. The van der Waals surface area contributed by atoms with Crippen LogP contribution in [-0.2, 0) is 12.8 Å². The largest absolute Gasteiger partial charge is 0.251 e. The summed E-state index contributed by atoms with van der Waals surface area (Å²) in [4.78, 5) is 10.9. The van der Waals surface area contributed by atoms with E-state index in [0.717, 1.165) is 66.9 Å². The molecule has 0 fully saturated rings. The van der Waals surface area contributed by atoms with Crippen LogP contribution in [0.5, 0.6) is 0 Å². The van der Waals surface area contributed by atoms with E-state index >= 15 is 0 Å². The summed E-state index contributed by atoms with van der Waals surface area (Å²) in [7, 11) is 0. The van der Waals surface area contributed by atoms with Crippen molar-refractivity contribution >= 4 is 22.8 Å². The Bertz CT molecular complexity index is 1340. The third-order valence-corrected chi connectivity index (χ3v) is 10.5. The van der Waals surface area contributed by atoms with Crippen molar-refractivity contribution in [3.8, 4) is 11.8 Å². The van der Waals surface area contributed by atoms with Crippen molar-refractivity contribution in [1.29, 1.82) is 0 Å². The molecule has 0 aliphatic heterocycles. The molecule has 0 spiro atoms. The molecule has 0 atom stereocenters. The van der Waals surface area contributed by atoms with Crippen LogP contribution in [0.4, 0.5) is 11.4 Å². The van der Waals surface area contributed by atoms with Gasteiger partial charge in [-0.15, -0.1) is 0 Å². The molecular weight excluding hydrogens is 653 g/mol. The Morgan fingerprint density at radius 2 is 1.06 bits per heavy atom. The minimum absolute atomic E-state index is 0.933. The maximum atomic E-state index is 5.48. The fourth-order valence-electron chi connectivity index (χ4n) is 7.11. The van der Waals surface area contributed by atoms with Crippen molar-refractivity contribution in [2.24, 2.45) is 9.98 Å². The van der Waals surface area contributed by atoms with E-state index in [0.29, 0.717) is 0 Å². The normalized spacial score (nSPS) is 12.1. The summed E-state index contributed by atoms with van der Waals surface area (Å²) in [6.07, 6.45) is 41.0. The van der Waals surface area contributed by atoms with Gasteiger partial charge in [0.1, 0.15) is 0 Å². The van der Waals surface area contributed by atoms with Gasteiger partial charge in [-0.25, -0.2) is 4.99 Å². The lowest BCUT2D eigenvalue weighted by atomic mass is 10.00. The van der Waals surface area contributed by atoms with Crippen LogP contribution >= 0.6 is 0 Å². The van der Waals surface area contributed by atoms with E-state index < -0.39 is 0 Å². The lowest BCUT2D eigenvalue weighted by Gasteiger charge is -2.11. The summed E-state index contributed by atoms with van der Waals surface area (Å²) >= 11 is 0. The second-order valence-corrected chi connectivity index (χ2v) is 15.8. The van der Waals surface area contributed by atoms with Crippen LogP contribution in [0.25, 0.3) is 0 Å². The third kappa shape index (κ3) is 23.8. The van der Waals surface area contributed by atoms with Crippen LogP contribution in [0, 0.1) is 11.8 Å². The quantitative estimate of drug-likeness (QED) is 0.0406. The lowest BCUT2D eigenvalue weighted by Crippen LogP contribution is -2.12. The number of nitrogens with zero attached hydrogens (tertiary/aromatic N) is 2. The van der Waals surface area contributed by atoms with Gasteiger partial charge in [0, 0.05) is 12.0 Å². The van der Waals surface area contributed by atoms with Crippen molar-refractivity contribution in [2.75, 3.05) is 0 Å². The zero-order chi connectivity index (χ0) is 38.7. The minimum Gasteiger partial charge on any atom is -0.251 e. The van der Waals surface area contributed by atoms with E-state index in [1.54, 1.807) is 0 Å².